The van der Waals surface area contributed by atoms with E-state index in [-0.39, 0.29) is 18.0 Å². The second kappa shape index (κ2) is 7.74. The summed E-state index contributed by atoms with van der Waals surface area (Å²) in [6, 6.07) is 14.7. The Balaban J connectivity index is 1.69. The van der Waals surface area contributed by atoms with Gasteiger partial charge in [0.1, 0.15) is 11.4 Å². The topological polar surface area (TPSA) is 91.4 Å². The van der Waals surface area contributed by atoms with Crippen LogP contribution in [0.4, 0.5) is 0 Å². The largest absolute Gasteiger partial charge is 0.494 e. The van der Waals surface area contributed by atoms with Crippen LogP contribution in [0.3, 0.4) is 0 Å². The van der Waals surface area contributed by atoms with E-state index in [1.165, 1.54) is 0 Å². The summed E-state index contributed by atoms with van der Waals surface area (Å²) in [7, 11) is 0. The van der Waals surface area contributed by atoms with Crippen molar-refractivity contribution in [1.82, 2.24) is 10.3 Å². The van der Waals surface area contributed by atoms with Gasteiger partial charge in [-0.15, -0.1) is 0 Å². The molecule has 2 aromatic carbocycles. The van der Waals surface area contributed by atoms with Gasteiger partial charge in [-0.3, -0.25) is 4.79 Å². The van der Waals surface area contributed by atoms with Gasteiger partial charge in [-0.2, -0.15) is 0 Å². The molecule has 1 amide bonds. The molecule has 0 radical (unpaired) electrons. The number of para-hydroxylation sites is 1. The fraction of sp³-hybridized carbons (Fsp3) is 0.200. The molecule has 3 rings (SSSR count). The summed E-state index contributed by atoms with van der Waals surface area (Å²) < 4.78 is 5.39. The first-order valence-electron chi connectivity index (χ1n) is 8.39. The second-order valence-electron chi connectivity index (χ2n) is 5.86. The Labute approximate surface area is 150 Å². The molecule has 0 spiro atoms. The summed E-state index contributed by atoms with van der Waals surface area (Å²) in [5.74, 6) is -0.519. The number of carboxylic acids is 1. The summed E-state index contributed by atoms with van der Waals surface area (Å²) in [4.78, 5) is 26.7. The average Bonchev–Trinajstić information content (AvgIpc) is 3.00. The van der Waals surface area contributed by atoms with E-state index in [0.29, 0.717) is 24.2 Å². The zero-order valence-corrected chi connectivity index (χ0v) is 14.4. The van der Waals surface area contributed by atoms with Crippen LogP contribution >= 0.6 is 0 Å². The van der Waals surface area contributed by atoms with Crippen molar-refractivity contribution in [2.75, 3.05) is 6.61 Å². The van der Waals surface area contributed by atoms with Gasteiger partial charge in [-0.1, -0.05) is 30.3 Å². The highest BCUT2D eigenvalue weighted by Gasteiger charge is 2.19. The Bertz CT molecular complexity index is 929. The third-order valence-electron chi connectivity index (χ3n) is 4.09. The van der Waals surface area contributed by atoms with E-state index in [4.69, 9.17) is 4.74 Å². The summed E-state index contributed by atoms with van der Waals surface area (Å²) in [6.07, 6.45) is 0.00265. The molecule has 0 atom stereocenters. The Kier molecular flexibility index (Phi) is 5.22. The minimum absolute atomic E-state index is 0.00265. The number of aromatic amines is 1. The highest BCUT2D eigenvalue weighted by Crippen LogP contribution is 2.23. The molecule has 3 aromatic rings. The number of hydrogen-bond acceptors (Lipinski definition) is 3. The van der Waals surface area contributed by atoms with Gasteiger partial charge in [0, 0.05) is 23.0 Å². The van der Waals surface area contributed by atoms with Crippen molar-refractivity contribution in [3.63, 3.8) is 0 Å². The molecular formula is C20H20N2O4. The lowest BCUT2D eigenvalue weighted by molar-refractivity contribution is -0.120. The Hall–Kier alpha value is -3.28. The van der Waals surface area contributed by atoms with Gasteiger partial charge in [0.25, 0.3) is 0 Å². The fourth-order valence-corrected chi connectivity index (χ4v) is 2.86. The van der Waals surface area contributed by atoms with Gasteiger partial charge in [-0.05, 0) is 30.7 Å². The van der Waals surface area contributed by atoms with Crippen LogP contribution in [0.15, 0.2) is 48.5 Å². The smallest absolute Gasteiger partial charge is 0.352 e. The molecule has 26 heavy (non-hydrogen) atoms. The van der Waals surface area contributed by atoms with Crippen molar-refractivity contribution in [2.45, 2.75) is 19.9 Å². The molecule has 0 aliphatic rings. The number of ether oxygens (including phenoxy) is 1. The van der Waals surface area contributed by atoms with Crippen LogP contribution in [-0.2, 0) is 17.8 Å². The Morgan fingerprint density at radius 3 is 2.54 bits per heavy atom. The van der Waals surface area contributed by atoms with Crippen LogP contribution in [0.1, 0.15) is 28.5 Å². The maximum absolute atomic E-state index is 12.3. The summed E-state index contributed by atoms with van der Waals surface area (Å²) in [5, 5.41) is 13.0. The van der Waals surface area contributed by atoms with Crippen LogP contribution in [-0.4, -0.2) is 28.6 Å². The first kappa shape index (κ1) is 17.5. The van der Waals surface area contributed by atoms with Crippen LogP contribution in [0.25, 0.3) is 10.9 Å². The molecule has 6 nitrogen and oxygen atoms in total. The van der Waals surface area contributed by atoms with Crippen molar-refractivity contribution >= 4 is 22.8 Å². The number of nitrogens with one attached hydrogen (secondary N) is 2. The van der Waals surface area contributed by atoms with E-state index in [9.17, 15) is 14.7 Å². The standard InChI is InChI=1S/C20H20N2O4/c1-2-26-14-9-7-13(8-10-14)12-21-18(23)11-16-15-5-3-4-6-17(15)22-19(16)20(24)25/h3-10,22H,2,11-12H2,1H3,(H,21,23)(H,24,25). The van der Waals surface area contributed by atoms with Crippen LogP contribution < -0.4 is 10.1 Å². The van der Waals surface area contributed by atoms with Gasteiger partial charge in [0.15, 0.2) is 0 Å². The average molecular weight is 352 g/mol. The monoisotopic (exact) mass is 352 g/mol. The quantitative estimate of drug-likeness (QED) is 0.609. The number of carbonyl (C=O) groups is 2. The van der Waals surface area contributed by atoms with Crippen molar-refractivity contribution in [3.8, 4) is 5.75 Å². The lowest BCUT2D eigenvalue weighted by atomic mass is 10.1. The number of hydrogen-bond donors (Lipinski definition) is 3. The molecule has 1 heterocycles. The third-order valence-corrected chi connectivity index (χ3v) is 4.09. The van der Waals surface area contributed by atoms with E-state index in [1.54, 1.807) is 6.07 Å². The molecule has 0 fully saturated rings. The zero-order chi connectivity index (χ0) is 18.5. The van der Waals surface area contributed by atoms with Crippen molar-refractivity contribution in [3.05, 3.63) is 65.4 Å². The molecule has 0 unspecified atom stereocenters. The van der Waals surface area contributed by atoms with Gasteiger partial charge in [-0.25, -0.2) is 4.79 Å². The van der Waals surface area contributed by atoms with Gasteiger partial charge in [0.05, 0.1) is 13.0 Å². The molecule has 1 aromatic heterocycles. The number of aromatic carboxylic acids is 1. The maximum atomic E-state index is 12.3. The Morgan fingerprint density at radius 1 is 1.12 bits per heavy atom. The first-order chi connectivity index (χ1) is 12.6. The normalized spacial score (nSPS) is 10.7. The maximum Gasteiger partial charge on any atom is 0.352 e. The first-order valence-corrected chi connectivity index (χ1v) is 8.39. The molecule has 0 saturated carbocycles. The molecule has 0 aliphatic heterocycles. The zero-order valence-electron chi connectivity index (χ0n) is 14.4. The van der Waals surface area contributed by atoms with Crippen molar-refractivity contribution in [2.24, 2.45) is 0 Å². The lowest BCUT2D eigenvalue weighted by Gasteiger charge is -2.07. The number of rotatable bonds is 7. The molecular weight excluding hydrogens is 332 g/mol. The fourth-order valence-electron chi connectivity index (χ4n) is 2.86. The highest BCUT2D eigenvalue weighted by molar-refractivity contribution is 5.99. The van der Waals surface area contributed by atoms with Gasteiger partial charge >= 0.3 is 5.97 Å². The molecule has 0 bridgehead atoms. The number of benzene rings is 2. The van der Waals surface area contributed by atoms with Crippen LogP contribution in [0, 0.1) is 0 Å². The van der Waals surface area contributed by atoms with Crippen molar-refractivity contribution in [1.29, 1.82) is 0 Å². The van der Waals surface area contributed by atoms with Gasteiger partial charge in [0.2, 0.25) is 5.91 Å². The molecule has 3 N–H and O–H groups in total. The number of fused-ring (bicyclic) bond motifs is 1. The minimum Gasteiger partial charge on any atom is -0.494 e. The van der Waals surface area contributed by atoms with Crippen molar-refractivity contribution < 1.29 is 19.4 Å². The molecule has 6 heteroatoms. The molecule has 134 valence electrons. The summed E-state index contributed by atoms with van der Waals surface area (Å²) >= 11 is 0. The van der Waals surface area contributed by atoms with E-state index >= 15 is 0 Å². The predicted molar refractivity (Wildman–Crippen MR) is 98.4 cm³/mol. The molecule has 0 saturated heterocycles. The predicted octanol–water partition coefficient (Wildman–Crippen LogP) is 3.12. The third kappa shape index (κ3) is 3.85. The number of amides is 1. The summed E-state index contributed by atoms with van der Waals surface area (Å²) in [6.45, 7) is 2.90. The second-order valence-corrected chi connectivity index (χ2v) is 5.86. The number of H-pyrrole nitrogens is 1. The highest BCUT2D eigenvalue weighted by atomic mass is 16.5. The van der Waals surface area contributed by atoms with E-state index in [1.807, 2.05) is 49.4 Å². The number of carbonyl (C=O) groups excluding carboxylic acids is 1. The van der Waals surface area contributed by atoms with Crippen LogP contribution in [0.5, 0.6) is 5.75 Å². The van der Waals surface area contributed by atoms with Gasteiger partial charge < -0.3 is 20.1 Å². The van der Waals surface area contributed by atoms with Crippen LogP contribution in [0.2, 0.25) is 0 Å². The Morgan fingerprint density at radius 2 is 1.85 bits per heavy atom. The lowest BCUT2D eigenvalue weighted by Crippen LogP contribution is -2.25. The number of carboxylic acid groups (broad SMARTS) is 1. The van der Waals surface area contributed by atoms with E-state index in [2.05, 4.69) is 10.3 Å². The van der Waals surface area contributed by atoms with E-state index < -0.39 is 5.97 Å². The summed E-state index contributed by atoms with van der Waals surface area (Å²) in [5.41, 5.74) is 2.21. The minimum atomic E-state index is -1.07. The number of aromatic nitrogens is 1. The molecule has 0 aliphatic carbocycles. The SMILES string of the molecule is CCOc1ccc(CNC(=O)Cc2c(C(=O)O)[nH]c3ccccc23)cc1. The van der Waals surface area contributed by atoms with E-state index in [0.717, 1.165) is 16.7 Å².